The molecule has 2 rings (SSSR count). The van der Waals surface area contributed by atoms with Crippen LogP contribution in [0.3, 0.4) is 0 Å². The Kier molecular flexibility index (Phi) is 9.78. The maximum atomic E-state index is 12.4. The molecule has 2 amide bonds. The Bertz CT molecular complexity index is 522. The van der Waals surface area contributed by atoms with E-state index in [0.717, 1.165) is 25.3 Å². The number of carbonyl (C=O) groups is 2. The lowest BCUT2D eigenvalue weighted by Crippen LogP contribution is -2.55. The summed E-state index contributed by atoms with van der Waals surface area (Å²) in [5.41, 5.74) is -0.265. The summed E-state index contributed by atoms with van der Waals surface area (Å²) in [5.74, 6) is 0.731. The molecule has 0 bridgehead atoms. The van der Waals surface area contributed by atoms with Gasteiger partial charge in [-0.25, -0.2) is 4.99 Å². The standard InChI is InChI=1S/C18H33N5O3.HI/c1-5-19-17(20-13-15(24)21-18(2,3)4)23-10-8-22(9-11-23)16(25)14-7-6-12-26-14;/h14H,5-13H2,1-4H3,(H,19,20)(H,21,24);1H. The van der Waals surface area contributed by atoms with Crippen LogP contribution in [0.2, 0.25) is 0 Å². The Hall–Kier alpha value is -1.10. The second-order valence-electron chi connectivity index (χ2n) is 7.78. The van der Waals surface area contributed by atoms with E-state index in [2.05, 4.69) is 20.5 Å². The second-order valence-corrected chi connectivity index (χ2v) is 7.78. The first kappa shape index (κ1) is 23.9. The molecule has 2 fully saturated rings. The lowest BCUT2D eigenvalue weighted by Gasteiger charge is -2.37. The first-order valence-corrected chi connectivity index (χ1v) is 9.55. The highest BCUT2D eigenvalue weighted by atomic mass is 127. The predicted molar refractivity (Wildman–Crippen MR) is 116 cm³/mol. The van der Waals surface area contributed by atoms with Crippen LogP contribution in [-0.4, -0.2) is 85.1 Å². The number of hydrogen-bond acceptors (Lipinski definition) is 4. The van der Waals surface area contributed by atoms with Gasteiger partial charge >= 0.3 is 0 Å². The first-order chi connectivity index (χ1) is 12.3. The topological polar surface area (TPSA) is 86.3 Å². The molecular formula is C18H34IN5O3. The molecule has 156 valence electrons. The average molecular weight is 495 g/mol. The van der Waals surface area contributed by atoms with Gasteiger partial charge in [0, 0.05) is 44.9 Å². The van der Waals surface area contributed by atoms with Crippen LogP contribution < -0.4 is 10.6 Å². The zero-order chi connectivity index (χ0) is 19.2. The molecule has 1 unspecified atom stereocenters. The van der Waals surface area contributed by atoms with Gasteiger partial charge in [-0.3, -0.25) is 9.59 Å². The fourth-order valence-electron chi connectivity index (χ4n) is 3.14. The van der Waals surface area contributed by atoms with Crippen LogP contribution in [0.15, 0.2) is 4.99 Å². The maximum absolute atomic E-state index is 12.4. The molecule has 2 aliphatic heterocycles. The van der Waals surface area contributed by atoms with E-state index < -0.39 is 0 Å². The van der Waals surface area contributed by atoms with Crippen LogP contribution in [0, 0.1) is 0 Å². The van der Waals surface area contributed by atoms with Gasteiger partial charge in [0.2, 0.25) is 5.91 Å². The lowest BCUT2D eigenvalue weighted by molar-refractivity contribution is -0.142. The molecule has 2 heterocycles. The molecule has 0 aromatic carbocycles. The number of carbonyl (C=O) groups excluding carboxylic acids is 2. The third kappa shape index (κ3) is 7.81. The third-order valence-electron chi connectivity index (χ3n) is 4.32. The Labute approximate surface area is 179 Å². The number of amides is 2. The molecule has 1 atom stereocenters. The van der Waals surface area contributed by atoms with Crippen molar-refractivity contribution in [3.63, 3.8) is 0 Å². The fraction of sp³-hybridized carbons (Fsp3) is 0.833. The molecule has 0 radical (unpaired) electrons. The van der Waals surface area contributed by atoms with E-state index in [1.165, 1.54) is 0 Å². The normalized spacial score (nSPS) is 20.9. The summed E-state index contributed by atoms with van der Waals surface area (Å²) >= 11 is 0. The summed E-state index contributed by atoms with van der Waals surface area (Å²) in [4.78, 5) is 32.9. The van der Waals surface area contributed by atoms with Gasteiger partial charge < -0.3 is 25.2 Å². The molecule has 0 saturated carbocycles. The Balaban J connectivity index is 0.00000364. The highest BCUT2D eigenvalue weighted by Gasteiger charge is 2.31. The second kappa shape index (κ2) is 11.0. The number of nitrogens with one attached hydrogen (secondary N) is 2. The Morgan fingerprint density at radius 3 is 2.30 bits per heavy atom. The van der Waals surface area contributed by atoms with Gasteiger partial charge in [-0.1, -0.05) is 0 Å². The van der Waals surface area contributed by atoms with Crippen molar-refractivity contribution in [1.82, 2.24) is 20.4 Å². The van der Waals surface area contributed by atoms with Crippen LogP contribution in [0.1, 0.15) is 40.5 Å². The SMILES string of the molecule is CCNC(=NCC(=O)NC(C)(C)C)N1CCN(C(=O)C2CCCO2)CC1.I. The highest BCUT2D eigenvalue weighted by Crippen LogP contribution is 2.16. The number of guanidine groups is 1. The van der Waals surface area contributed by atoms with Gasteiger partial charge in [0.05, 0.1) is 0 Å². The van der Waals surface area contributed by atoms with Crippen molar-refractivity contribution in [3.05, 3.63) is 0 Å². The quantitative estimate of drug-likeness (QED) is 0.343. The third-order valence-corrected chi connectivity index (χ3v) is 4.32. The monoisotopic (exact) mass is 495 g/mol. The number of ether oxygens (including phenoxy) is 1. The summed E-state index contributed by atoms with van der Waals surface area (Å²) in [6, 6.07) is 0. The van der Waals surface area contributed by atoms with Crippen molar-refractivity contribution in [2.45, 2.75) is 52.2 Å². The van der Waals surface area contributed by atoms with E-state index in [1.807, 2.05) is 32.6 Å². The molecular weight excluding hydrogens is 461 g/mol. The van der Waals surface area contributed by atoms with E-state index in [4.69, 9.17) is 4.74 Å². The van der Waals surface area contributed by atoms with Crippen LogP contribution in [0.5, 0.6) is 0 Å². The van der Waals surface area contributed by atoms with Gasteiger partial charge in [-0.2, -0.15) is 0 Å². The summed E-state index contributed by atoms with van der Waals surface area (Å²) < 4.78 is 5.50. The minimum atomic E-state index is -0.265. The Morgan fingerprint density at radius 2 is 1.78 bits per heavy atom. The van der Waals surface area contributed by atoms with Crippen LogP contribution in [0.25, 0.3) is 0 Å². The maximum Gasteiger partial charge on any atom is 0.251 e. The molecule has 27 heavy (non-hydrogen) atoms. The molecule has 8 nitrogen and oxygen atoms in total. The van der Waals surface area contributed by atoms with Crippen LogP contribution in [-0.2, 0) is 14.3 Å². The molecule has 0 aromatic heterocycles. The van der Waals surface area contributed by atoms with Crippen molar-refractivity contribution in [2.75, 3.05) is 45.9 Å². The largest absolute Gasteiger partial charge is 0.368 e. The first-order valence-electron chi connectivity index (χ1n) is 9.55. The number of nitrogens with zero attached hydrogens (tertiary/aromatic N) is 3. The molecule has 9 heteroatoms. The number of rotatable bonds is 4. The lowest BCUT2D eigenvalue weighted by atomic mass is 10.1. The fourth-order valence-corrected chi connectivity index (χ4v) is 3.14. The molecule has 0 aromatic rings. The molecule has 2 saturated heterocycles. The summed E-state index contributed by atoms with van der Waals surface area (Å²) in [6.45, 7) is 12.1. The van der Waals surface area contributed by atoms with Gasteiger partial charge in [0.25, 0.3) is 5.91 Å². The van der Waals surface area contributed by atoms with Crippen molar-refractivity contribution in [3.8, 4) is 0 Å². The average Bonchev–Trinajstić information content (AvgIpc) is 3.11. The smallest absolute Gasteiger partial charge is 0.251 e. The number of piperazine rings is 1. The van der Waals surface area contributed by atoms with E-state index in [0.29, 0.717) is 32.8 Å². The summed E-state index contributed by atoms with van der Waals surface area (Å²) in [6.07, 6.45) is 1.53. The van der Waals surface area contributed by atoms with Gasteiger partial charge in [0.15, 0.2) is 5.96 Å². The molecule has 0 spiro atoms. The van der Waals surface area contributed by atoms with Gasteiger partial charge in [0.1, 0.15) is 12.6 Å². The van der Waals surface area contributed by atoms with E-state index in [9.17, 15) is 9.59 Å². The summed E-state index contributed by atoms with van der Waals surface area (Å²) in [5, 5.41) is 6.15. The van der Waals surface area contributed by atoms with E-state index in [-0.39, 0.29) is 54.0 Å². The van der Waals surface area contributed by atoms with Gasteiger partial charge in [-0.15, -0.1) is 24.0 Å². The molecule has 2 aliphatic rings. The predicted octanol–water partition coefficient (Wildman–Crippen LogP) is 0.808. The molecule has 0 aliphatic carbocycles. The van der Waals surface area contributed by atoms with Crippen molar-refractivity contribution >= 4 is 41.8 Å². The van der Waals surface area contributed by atoms with Gasteiger partial charge in [-0.05, 0) is 40.5 Å². The number of halogens is 1. The van der Waals surface area contributed by atoms with Crippen molar-refractivity contribution in [2.24, 2.45) is 4.99 Å². The Morgan fingerprint density at radius 1 is 1.15 bits per heavy atom. The zero-order valence-corrected chi connectivity index (χ0v) is 19.2. The number of aliphatic imine (C=N–C) groups is 1. The highest BCUT2D eigenvalue weighted by molar-refractivity contribution is 14.0. The van der Waals surface area contributed by atoms with Crippen molar-refractivity contribution < 1.29 is 14.3 Å². The summed E-state index contributed by atoms with van der Waals surface area (Å²) in [7, 11) is 0. The van der Waals surface area contributed by atoms with Crippen molar-refractivity contribution in [1.29, 1.82) is 0 Å². The zero-order valence-electron chi connectivity index (χ0n) is 16.9. The minimum Gasteiger partial charge on any atom is -0.368 e. The van der Waals surface area contributed by atoms with Crippen LogP contribution in [0.4, 0.5) is 0 Å². The van der Waals surface area contributed by atoms with E-state index in [1.54, 1.807) is 0 Å². The minimum absolute atomic E-state index is 0. The van der Waals surface area contributed by atoms with E-state index >= 15 is 0 Å². The number of hydrogen-bond donors (Lipinski definition) is 2. The van der Waals surface area contributed by atoms with Crippen LogP contribution >= 0.6 is 24.0 Å². The molecule has 2 N–H and O–H groups in total.